The predicted octanol–water partition coefficient (Wildman–Crippen LogP) is -0.295. The van der Waals surface area contributed by atoms with Gasteiger partial charge in [-0.2, -0.15) is 0 Å². The van der Waals surface area contributed by atoms with Crippen molar-refractivity contribution in [1.82, 2.24) is 15.2 Å². The fourth-order valence-electron chi connectivity index (χ4n) is 1.56. The average molecular weight is 231 g/mol. The smallest absolute Gasteiger partial charge is 0.245 e. The van der Waals surface area contributed by atoms with Crippen LogP contribution in [0.3, 0.4) is 0 Å². The van der Waals surface area contributed by atoms with E-state index in [4.69, 9.17) is 0 Å². The summed E-state index contributed by atoms with van der Waals surface area (Å²) >= 11 is 0. The van der Waals surface area contributed by atoms with Gasteiger partial charge in [0.2, 0.25) is 10.0 Å². The van der Waals surface area contributed by atoms with Crippen LogP contribution in [0, 0.1) is 0 Å². The fraction of sp³-hybridized carbons (Fsp3) is 0.625. The van der Waals surface area contributed by atoms with Crippen molar-refractivity contribution in [2.45, 2.75) is 23.8 Å². The number of sulfonamides is 1. The van der Waals surface area contributed by atoms with Gasteiger partial charge < -0.3 is 9.84 Å². The first-order valence-corrected chi connectivity index (χ1v) is 6.29. The lowest BCUT2D eigenvalue weighted by molar-refractivity contribution is 0.416. The van der Waals surface area contributed by atoms with Gasteiger partial charge in [0.05, 0.1) is 6.20 Å². The molecule has 84 valence electrons. The summed E-state index contributed by atoms with van der Waals surface area (Å²) in [7, 11) is -3.45. The second kappa shape index (κ2) is 4.30. The topological polar surface area (TPSA) is 84.2 Å². The van der Waals surface area contributed by atoms with E-state index in [0.717, 1.165) is 32.2 Å². The molecule has 0 unspecified atom stereocenters. The minimum atomic E-state index is -3.45. The first-order chi connectivity index (χ1) is 7.18. The number of nitrogens with zero attached hydrogens (tertiary/aromatic N) is 1. The van der Waals surface area contributed by atoms with Crippen molar-refractivity contribution in [1.29, 1.82) is 0 Å². The monoisotopic (exact) mass is 231 g/mol. The van der Waals surface area contributed by atoms with Crippen LogP contribution >= 0.6 is 0 Å². The third kappa shape index (κ3) is 2.55. The largest absolute Gasteiger partial charge is 0.363 e. The fourth-order valence-corrected chi connectivity index (χ4v) is 2.72. The second-order valence-corrected chi connectivity index (χ2v) is 5.22. The highest BCUT2D eigenvalue weighted by Gasteiger charge is 2.22. The van der Waals surface area contributed by atoms with E-state index in [0.29, 0.717) is 0 Å². The molecule has 0 radical (unpaired) electrons. The summed E-state index contributed by atoms with van der Waals surface area (Å²) in [4.78, 5) is 0.0843. The van der Waals surface area contributed by atoms with Crippen LogP contribution in [0.15, 0.2) is 21.9 Å². The summed E-state index contributed by atoms with van der Waals surface area (Å²) in [5.41, 5.74) is 0. The Morgan fingerprint density at radius 1 is 1.47 bits per heavy atom. The van der Waals surface area contributed by atoms with Crippen molar-refractivity contribution >= 4 is 10.0 Å². The minimum absolute atomic E-state index is 0.00569. The predicted molar refractivity (Wildman–Crippen MR) is 52.7 cm³/mol. The maximum absolute atomic E-state index is 11.7. The standard InChI is InChI=1S/C8H13N3O3S/c12-15(13,8-5-10-14-6-8)11-7-1-3-9-4-2-7/h5-7,9,11H,1-4H2. The first-order valence-electron chi connectivity index (χ1n) is 4.81. The lowest BCUT2D eigenvalue weighted by atomic mass is 10.1. The number of hydrogen-bond donors (Lipinski definition) is 2. The molecule has 0 aromatic carbocycles. The highest BCUT2D eigenvalue weighted by Crippen LogP contribution is 2.10. The van der Waals surface area contributed by atoms with Crippen LogP contribution in [0.5, 0.6) is 0 Å². The zero-order valence-corrected chi connectivity index (χ0v) is 8.96. The number of hydrogen-bond acceptors (Lipinski definition) is 5. The third-order valence-electron chi connectivity index (χ3n) is 2.38. The highest BCUT2D eigenvalue weighted by atomic mass is 32.2. The quantitative estimate of drug-likeness (QED) is 0.746. The number of nitrogens with one attached hydrogen (secondary N) is 2. The Bertz CT molecular complexity index is 395. The lowest BCUT2D eigenvalue weighted by Crippen LogP contribution is -2.42. The molecule has 0 saturated carbocycles. The van der Waals surface area contributed by atoms with Crippen molar-refractivity contribution in [3.8, 4) is 0 Å². The second-order valence-electron chi connectivity index (χ2n) is 3.51. The first kappa shape index (κ1) is 10.6. The maximum Gasteiger partial charge on any atom is 0.245 e. The zero-order chi connectivity index (χ0) is 10.7. The van der Waals surface area contributed by atoms with Gasteiger partial charge in [-0.25, -0.2) is 13.1 Å². The summed E-state index contributed by atoms with van der Waals surface area (Å²) in [5, 5.41) is 6.54. The average Bonchev–Trinajstić information content (AvgIpc) is 2.71. The van der Waals surface area contributed by atoms with Gasteiger partial charge in [-0.15, -0.1) is 0 Å². The Balaban J connectivity index is 2.04. The molecule has 2 rings (SSSR count). The minimum Gasteiger partial charge on any atom is -0.363 e. The van der Waals surface area contributed by atoms with E-state index in [2.05, 4.69) is 19.7 Å². The van der Waals surface area contributed by atoms with E-state index in [1.165, 1.54) is 6.20 Å². The van der Waals surface area contributed by atoms with E-state index in [1.807, 2.05) is 0 Å². The SMILES string of the molecule is O=S(=O)(NC1CCNCC1)c1cnoc1. The molecule has 0 bridgehead atoms. The molecule has 0 spiro atoms. The summed E-state index contributed by atoms with van der Waals surface area (Å²) in [6.07, 6.45) is 3.95. The lowest BCUT2D eigenvalue weighted by Gasteiger charge is -2.22. The van der Waals surface area contributed by atoms with E-state index >= 15 is 0 Å². The Morgan fingerprint density at radius 2 is 2.20 bits per heavy atom. The Morgan fingerprint density at radius 3 is 2.80 bits per heavy atom. The molecule has 1 aliphatic heterocycles. The van der Waals surface area contributed by atoms with Crippen LogP contribution in [0.2, 0.25) is 0 Å². The number of rotatable bonds is 3. The van der Waals surface area contributed by atoms with Crippen LogP contribution in [0.25, 0.3) is 0 Å². The van der Waals surface area contributed by atoms with Gasteiger partial charge in [0.15, 0.2) is 0 Å². The molecule has 7 heteroatoms. The van der Waals surface area contributed by atoms with Gasteiger partial charge in [-0.05, 0) is 25.9 Å². The maximum atomic E-state index is 11.7. The van der Waals surface area contributed by atoms with E-state index < -0.39 is 10.0 Å². The Labute approximate surface area is 88.1 Å². The van der Waals surface area contributed by atoms with Gasteiger partial charge in [0, 0.05) is 6.04 Å². The molecule has 1 fully saturated rings. The Hall–Kier alpha value is -0.920. The van der Waals surface area contributed by atoms with Crippen LogP contribution < -0.4 is 10.0 Å². The molecule has 6 nitrogen and oxygen atoms in total. The molecule has 0 amide bonds. The van der Waals surface area contributed by atoms with Crippen molar-refractivity contribution in [3.05, 3.63) is 12.5 Å². The zero-order valence-electron chi connectivity index (χ0n) is 8.14. The number of aromatic nitrogens is 1. The van der Waals surface area contributed by atoms with Crippen LogP contribution in [0.4, 0.5) is 0 Å². The molecule has 1 saturated heterocycles. The molecule has 1 aromatic heterocycles. The number of piperidine rings is 1. The van der Waals surface area contributed by atoms with E-state index in [9.17, 15) is 8.42 Å². The van der Waals surface area contributed by atoms with Gasteiger partial charge in [-0.3, -0.25) is 0 Å². The molecular weight excluding hydrogens is 218 g/mol. The summed E-state index contributed by atoms with van der Waals surface area (Å²) < 4.78 is 30.6. The Kier molecular flexibility index (Phi) is 3.03. The van der Waals surface area contributed by atoms with Gasteiger partial charge in [0.25, 0.3) is 0 Å². The van der Waals surface area contributed by atoms with E-state index in [1.54, 1.807) is 0 Å². The van der Waals surface area contributed by atoms with Gasteiger partial charge in [0.1, 0.15) is 11.2 Å². The molecule has 1 aliphatic rings. The molecule has 0 aliphatic carbocycles. The molecule has 2 N–H and O–H groups in total. The van der Waals surface area contributed by atoms with Gasteiger partial charge >= 0.3 is 0 Å². The van der Waals surface area contributed by atoms with Gasteiger partial charge in [-0.1, -0.05) is 5.16 Å². The third-order valence-corrected chi connectivity index (χ3v) is 3.85. The van der Waals surface area contributed by atoms with Crippen molar-refractivity contribution in [2.75, 3.05) is 13.1 Å². The summed E-state index contributed by atoms with van der Waals surface area (Å²) in [6, 6.07) is 0.00569. The molecular formula is C8H13N3O3S. The van der Waals surface area contributed by atoms with Crippen LogP contribution in [-0.4, -0.2) is 32.7 Å². The summed E-state index contributed by atoms with van der Waals surface area (Å²) in [6.45, 7) is 1.69. The van der Waals surface area contributed by atoms with Crippen LogP contribution in [0.1, 0.15) is 12.8 Å². The van der Waals surface area contributed by atoms with Crippen molar-refractivity contribution in [2.24, 2.45) is 0 Å². The molecule has 15 heavy (non-hydrogen) atoms. The van der Waals surface area contributed by atoms with Crippen LogP contribution in [-0.2, 0) is 10.0 Å². The summed E-state index contributed by atoms with van der Waals surface area (Å²) in [5.74, 6) is 0. The van der Waals surface area contributed by atoms with Crippen molar-refractivity contribution in [3.63, 3.8) is 0 Å². The molecule has 0 atom stereocenters. The highest BCUT2D eigenvalue weighted by molar-refractivity contribution is 7.89. The normalized spacial score (nSPS) is 19.2. The molecule has 1 aromatic rings. The van der Waals surface area contributed by atoms with Crippen molar-refractivity contribution < 1.29 is 12.9 Å². The molecule has 2 heterocycles. The van der Waals surface area contributed by atoms with E-state index in [-0.39, 0.29) is 10.9 Å².